The number of carbonyl (C=O) groups is 1. The highest BCUT2D eigenvalue weighted by atomic mass is 19.4. The second kappa shape index (κ2) is 6.59. The van der Waals surface area contributed by atoms with Crippen molar-refractivity contribution < 1.29 is 31.2 Å². The van der Waals surface area contributed by atoms with Gasteiger partial charge < -0.3 is 13.7 Å². The summed E-state index contributed by atoms with van der Waals surface area (Å²) in [7, 11) is 0. The van der Waals surface area contributed by atoms with Crippen LogP contribution >= 0.6 is 0 Å². The van der Waals surface area contributed by atoms with E-state index < -0.39 is 30.1 Å². The Bertz CT molecular complexity index is 1330. The minimum atomic E-state index is -4.63. The summed E-state index contributed by atoms with van der Waals surface area (Å²) < 4.78 is 70.7. The topological polar surface area (TPSA) is 76.5 Å². The fraction of sp³-hybridized carbons (Fsp3) is 0.158. The van der Waals surface area contributed by atoms with Crippen molar-refractivity contribution in [2.45, 2.75) is 19.1 Å². The maximum atomic E-state index is 13.1. The summed E-state index contributed by atoms with van der Waals surface area (Å²) in [6.45, 7) is 0.106. The Hall–Kier alpha value is -3.83. The minimum Gasteiger partial charge on any atom is -0.415 e. The molecule has 31 heavy (non-hydrogen) atoms. The minimum absolute atomic E-state index is 0.0188. The maximum Gasteiger partial charge on any atom is 0.434 e. The number of aromatic nitrogens is 4. The largest absolute Gasteiger partial charge is 0.434 e. The van der Waals surface area contributed by atoms with Crippen LogP contribution in [0.3, 0.4) is 0 Å². The molecule has 0 aliphatic carbocycles. The van der Waals surface area contributed by atoms with Crippen molar-refractivity contribution in [3.8, 4) is 11.5 Å². The Morgan fingerprint density at radius 2 is 1.94 bits per heavy atom. The van der Waals surface area contributed by atoms with Gasteiger partial charge in [-0.2, -0.15) is 22.0 Å². The molecule has 0 atom stereocenters. The van der Waals surface area contributed by atoms with Crippen molar-refractivity contribution in [2.24, 2.45) is 0 Å². The number of carbonyl (C=O) groups excluding carboxylic acids is 1. The third-order valence-electron chi connectivity index (χ3n) is 4.83. The molecular weight excluding hydrogens is 425 g/mol. The number of imidazole rings is 1. The van der Waals surface area contributed by atoms with E-state index in [0.29, 0.717) is 5.56 Å². The van der Waals surface area contributed by atoms with Crippen LogP contribution in [0.1, 0.15) is 33.9 Å². The highest BCUT2D eigenvalue weighted by molar-refractivity contribution is 6.12. The monoisotopic (exact) mass is 435 g/mol. The number of nitrogens with zero attached hydrogens (tertiary/aromatic N) is 5. The molecule has 0 unspecified atom stereocenters. The smallest absolute Gasteiger partial charge is 0.415 e. The van der Waals surface area contributed by atoms with Crippen molar-refractivity contribution in [2.75, 3.05) is 4.90 Å². The quantitative estimate of drug-likeness (QED) is 0.443. The number of hydrogen-bond acceptors (Lipinski definition) is 5. The predicted octanol–water partition coefficient (Wildman–Crippen LogP) is 4.50. The lowest BCUT2D eigenvalue weighted by molar-refractivity contribution is -0.140. The second-order valence-corrected chi connectivity index (χ2v) is 6.76. The Kier molecular flexibility index (Phi) is 4.07. The number of fused-ring (bicyclic) bond motifs is 2. The lowest BCUT2D eigenvalue weighted by Gasteiger charge is -2.16. The van der Waals surface area contributed by atoms with Gasteiger partial charge in [0.1, 0.15) is 0 Å². The number of hydrogen-bond donors (Lipinski definition) is 0. The van der Waals surface area contributed by atoms with Crippen LogP contribution in [-0.4, -0.2) is 25.5 Å². The second-order valence-electron chi connectivity index (χ2n) is 6.76. The third kappa shape index (κ3) is 3.10. The van der Waals surface area contributed by atoms with Gasteiger partial charge in [0.05, 0.1) is 12.2 Å². The molecule has 0 bridgehead atoms. The molecule has 1 aliphatic heterocycles. The van der Waals surface area contributed by atoms with Crippen LogP contribution in [0.25, 0.3) is 17.1 Å². The number of anilines is 1. The van der Waals surface area contributed by atoms with Crippen LogP contribution in [0, 0.1) is 0 Å². The first-order chi connectivity index (χ1) is 14.7. The Morgan fingerprint density at radius 1 is 1.13 bits per heavy atom. The van der Waals surface area contributed by atoms with E-state index in [4.69, 9.17) is 4.42 Å². The molecule has 0 saturated heterocycles. The summed E-state index contributed by atoms with van der Waals surface area (Å²) in [6, 6.07) is 7.57. The summed E-state index contributed by atoms with van der Waals surface area (Å²) >= 11 is 0. The number of halogens is 5. The first-order valence-corrected chi connectivity index (χ1v) is 8.84. The first-order valence-electron chi connectivity index (χ1n) is 8.84. The van der Waals surface area contributed by atoms with E-state index >= 15 is 0 Å². The summed E-state index contributed by atoms with van der Waals surface area (Å²) in [6.07, 6.45) is -5.30. The van der Waals surface area contributed by atoms with Gasteiger partial charge in [-0.1, -0.05) is 6.07 Å². The van der Waals surface area contributed by atoms with Gasteiger partial charge in [0, 0.05) is 23.5 Å². The van der Waals surface area contributed by atoms with Gasteiger partial charge in [0.15, 0.2) is 11.3 Å². The van der Waals surface area contributed by atoms with Gasteiger partial charge in [-0.15, -0.1) is 10.2 Å². The van der Waals surface area contributed by atoms with Crippen molar-refractivity contribution in [3.05, 3.63) is 65.4 Å². The van der Waals surface area contributed by atoms with Gasteiger partial charge in [-0.25, -0.2) is 4.98 Å². The Morgan fingerprint density at radius 3 is 2.65 bits per heavy atom. The molecule has 0 radical (unpaired) electrons. The number of alkyl halides is 5. The molecule has 1 aliphatic rings. The van der Waals surface area contributed by atoms with Crippen molar-refractivity contribution in [1.82, 2.24) is 19.6 Å². The summed E-state index contributed by atoms with van der Waals surface area (Å²) in [5.41, 5.74) is 0.239. The van der Waals surface area contributed by atoms with E-state index in [1.807, 2.05) is 0 Å². The predicted molar refractivity (Wildman–Crippen MR) is 95.4 cm³/mol. The van der Waals surface area contributed by atoms with Crippen LogP contribution in [0.2, 0.25) is 0 Å². The van der Waals surface area contributed by atoms with Crippen LogP contribution < -0.4 is 4.90 Å². The molecule has 0 N–H and O–H groups in total. The Labute approximate surface area is 169 Å². The third-order valence-corrected chi connectivity index (χ3v) is 4.83. The van der Waals surface area contributed by atoms with Gasteiger partial charge in [0.25, 0.3) is 11.8 Å². The van der Waals surface area contributed by atoms with Crippen LogP contribution in [0.5, 0.6) is 0 Å². The fourth-order valence-electron chi connectivity index (χ4n) is 3.41. The van der Waals surface area contributed by atoms with Gasteiger partial charge in [-0.3, -0.25) is 4.79 Å². The molecule has 0 fully saturated rings. The highest BCUT2D eigenvalue weighted by Crippen LogP contribution is 2.35. The van der Waals surface area contributed by atoms with Crippen molar-refractivity contribution >= 4 is 17.2 Å². The Balaban J connectivity index is 1.52. The van der Waals surface area contributed by atoms with E-state index in [2.05, 4.69) is 15.2 Å². The molecule has 158 valence electrons. The van der Waals surface area contributed by atoms with Crippen LogP contribution in [0.15, 0.2) is 47.1 Å². The molecule has 7 nitrogen and oxygen atoms in total. The molecule has 1 amide bonds. The fourth-order valence-corrected chi connectivity index (χ4v) is 3.41. The molecular formula is C19H10F5N5O2. The van der Waals surface area contributed by atoms with Gasteiger partial charge >= 0.3 is 12.6 Å². The zero-order chi connectivity index (χ0) is 21.9. The summed E-state index contributed by atoms with van der Waals surface area (Å²) in [4.78, 5) is 18.0. The average Bonchev–Trinajstić information content (AvgIpc) is 3.44. The van der Waals surface area contributed by atoms with E-state index in [-0.39, 0.29) is 34.9 Å². The summed E-state index contributed by atoms with van der Waals surface area (Å²) in [5, 5.41) is 6.82. The standard InChI is InChI=1S/C19H10F5N5O2/c20-14(21)17-27-26-16(31-17)9-3-4-10-7-29(18(30)11(10)6-9)12-2-1-5-28-8-13(19(22,23)24)25-15(12)28/h1-6,8,14H,7H2. The molecule has 12 heteroatoms. The summed E-state index contributed by atoms with van der Waals surface area (Å²) in [5.74, 6) is -1.49. The lowest BCUT2D eigenvalue weighted by atomic mass is 10.1. The first kappa shape index (κ1) is 19.2. The average molecular weight is 435 g/mol. The zero-order valence-corrected chi connectivity index (χ0v) is 15.3. The number of benzene rings is 1. The van der Waals surface area contributed by atoms with E-state index in [1.165, 1.54) is 39.8 Å². The van der Waals surface area contributed by atoms with Crippen molar-refractivity contribution in [1.29, 1.82) is 0 Å². The normalized spacial score (nSPS) is 14.1. The molecule has 5 rings (SSSR count). The maximum absolute atomic E-state index is 13.1. The van der Waals surface area contributed by atoms with Crippen LogP contribution in [0.4, 0.5) is 27.6 Å². The number of amides is 1. The van der Waals surface area contributed by atoms with E-state index in [9.17, 15) is 26.7 Å². The lowest BCUT2D eigenvalue weighted by Crippen LogP contribution is -2.23. The number of rotatable bonds is 3. The molecule has 3 aromatic heterocycles. The zero-order valence-electron chi connectivity index (χ0n) is 15.3. The highest BCUT2D eigenvalue weighted by Gasteiger charge is 2.36. The molecule has 1 aromatic carbocycles. The molecule has 4 aromatic rings. The van der Waals surface area contributed by atoms with Crippen molar-refractivity contribution in [3.63, 3.8) is 0 Å². The van der Waals surface area contributed by atoms with E-state index in [0.717, 1.165) is 6.20 Å². The van der Waals surface area contributed by atoms with E-state index in [1.54, 1.807) is 6.07 Å². The molecule has 4 heterocycles. The van der Waals surface area contributed by atoms with Crippen LogP contribution in [-0.2, 0) is 12.7 Å². The number of pyridine rings is 1. The van der Waals surface area contributed by atoms with Gasteiger partial charge in [-0.05, 0) is 29.8 Å². The SMILES string of the molecule is O=C1c2cc(-c3nnc(C(F)F)o3)ccc2CN1c1cccn2cc(C(F)(F)F)nc12. The molecule has 0 spiro atoms. The molecule has 0 saturated carbocycles. The van der Waals surface area contributed by atoms with Gasteiger partial charge in [0.2, 0.25) is 5.89 Å².